The van der Waals surface area contributed by atoms with Crippen molar-refractivity contribution in [2.45, 2.75) is 13.8 Å². The number of rotatable bonds is 2. The molecule has 0 spiro atoms. The first-order chi connectivity index (χ1) is 7.04. The van der Waals surface area contributed by atoms with Crippen molar-refractivity contribution in [2.24, 2.45) is 0 Å². The van der Waals surface area contributed by atoms with Gasteiger partial charge >= 0.3 is 5.97 Å². The van der Waals surface area contributed by atoms with Gasteiger partial charge < -0.3 is 4.74 Å². The van der Waals surface area contributed by atoms with Crippen LogP contribution in [0.15, 0.2) is 18.2 Å². The van der Waals surface area contributed by atoms with E-state index in [4.69, 9.17) is 11.6 Å². The molecule has 0 amide bonds. The number of ether oxygens (including phenoxy) is 1. The molecule has 0 bridgehead atoms. The summed E-state index contributed by atoms with van der Waals surface area (Å²) in [7, 11) is 1.35. The van der Waals surface area contributed by atoms with Gasteiger partial charge in [-0.3, -0.25) is 0 Å². The lowest BCUT2D eigenvalue weighted by molar-refractivity contribution is -0.134. The Hall–Kier alpha value is -1.28. The largest absolute Gasteiger partial charge is 0.466 e. The molecule has 0 radical (unpaired) electrons. The van der Waals surface area contributed by atoms with Crippen LogP contribution < -0.4 is 0 Å². The Bertz CT molecular complexity index is 385. The molecule has 0 N–H and O–H groups in total. The summed E-state index contributed by atoms with van der Waals surface area (Å²) in [5.74, 6) is -0.361. The van der Waals surface area contributed by atoms with Gasteiger partial charge in [0.2, 0.25) is 0 Å². The van der Waals surface area contributed by atoms with E-state index in [9.17, 15) is 4.79 Å². The lowest BCUT2D eigenvalue weighted by Crippen LogP contribution is -1.93. The maximum Gasteiger partial charge on any atom is 0.330 e. The van der Waals surface area contributed by atoms with E-state index in [0.717, 1.165) is 21.7 Å². The van der Waals surface area contributed by atoms with Crippen molar-refractivity contribution in [3.05, 3.63) is 39.9 Å². The second-order valence-electron chi connectivity index (χ2n) is 3.33. The molecule has 15 heavy (non-hydrogen) atoms. The van der Waals surface area contributed by atoms with E-state index >= 15 is 0 Å². The summed E-state index contributed by atoms with van der Waals surface area (Å²) >= 11 is 6.02. The Kier molecular flexibility index (Phi) is 3.92. The third kappa shape index (κ3) is 3.10. The molecule has 1 aromatic rings. The van der Waals surface area contributed by atoms with Gasteiger partial charge in [-0.05, 0) is 36.6 Å². The second kappa shape index (κ2) is 4.99. The zero-order chi connectivity index (χ0) is 11.4. The maximum atomic E-state index is 10.9. The van der Waals surface area contributed by atoms with Crippen molar-refractivity contribution in [2.75, 3.05) is 7.11 Å². The molecule has 0 heterocycles. The van der Waals surface area contributed by atoms with Crippen molar-refractivity contribution in [1.29, 1.82) is 0 Å². The van der Waals surface area contributed by atoms with E-state index in [2.05, 4.69) is 4.74 Å². The highest BCUT2D eigenvalue weighted by atomic mass is 35.5. The molecule has 1 aromatic carbocycles. The minimum atomic E-state index is -0.361. The minimum Gasteiger partial charge on any atom is -0.466 e. The van der Waals surface area contributed by atoms with Crippen LogP contribution in [0.5, 0.6) is 0 Å². The topological polar surface area (TPSA) is 26.3 Å². The van der Waals surface area contributed by atoms with Crippen LogP contribution in [0.3, 0.4) is 0 Å². The fourth-order valence-electron chi connectivity index (χ4n) is 1.31. The number of halogens is 1. The number of carbonyl (C=O) groups excluding carboxylic acids is 1. The third-order valence-electron chi connectivity index (χ3n) is 2.07. The average molecular weight is 225 g/mol. The lowest BCUT2D eigenvalue weighted by Gasteiger charge is -2.03. The van der Waals surface area contributed by atoms with Crippen LogP contribution in [0.2, 0.25) is 5.02 Å². The summed E-state index contributed by atoms with van der Waals surface area (Å²) in [6, 6.07) is 3.85. The molecule has 0 atom stereocenters. The molecule has 80 valence electrons. The average Bonchev–Trinajstić information content (AvgIpc) is 2.22. The van der Waals surface area contributed by atoms with Crippen molar-refractivity contribution in [1.82, 2.24) is 0 Å². The molecule has 2 nitrogen and oxygen atoms in total. The van der Waals surface area contributed by atoms with E-state index in [1.807, 2.05) is 26.0 Å². The molecule has 3 heteroatoms. The minimum absolute atomic E-state index is 0.361. The van der Waals surface area contributed by atoms with Crippen LogP contribution in [-0.2, 0) is 9.53 Å². The summed E-state index contributed by atoms with van der Waals surface area (Å²) in [5.41, 5.74) is 2.95. The number of methoxy groups -OCH3 is 1. The van der Waals surface area contributed by atoms with E-state index < -0.39 is 0 Å². The summed E-state index contributed by atoms with van der Waals surface area (Å²) in [4.78, 5) is 10.9. The first kappa shape index (κ1) is 11.8. The summed E-state index contributed by atoms with van der Waals surface area (Å²) in [6.07, 6.45) is 3.10. The Morgan fingerprint density at radius 1 is 1.33 bits per heavy atom. The molecule has 0 aliphatic heterocycles. The number of carbonyl (C=O) groups is 1. The van der Waals surface area contributed by atoms with Crippen LogP contribution in [0, 0.1) is 13.8 Å². The third-order valence-corrected chi connectivity index (χ3v) is 2.67. The Morgan fingerprint density at radius 3 is 2.33 bits per heavy atom. The van der Waals surface area contributed by atoms with Gasteiger partial charge in [0.25, 0.3) is 0 Å². The van der Waals surface area contributed by atoms with Gasteiger partial charge in [0.05, 0.1) is 7.11 Å². The van der Waals surface area contributed by atoms with Crippen LogP contribution >= 0.6 is 11.6 Å². The van der Waals surface area contributed by atoms with Crippen molar-refractivity contribution < 1.29 is 9.53 Å². The first-order valence-corrected chi connectivity index (χ1v) is 4.95. The fourth-order valence-corrected chi connectivity index (χ4v) is 1.42. The second-order valence-corrected chi connectivity index (χ2v) is 3.70. The van der Waals surface area contributed by atoms with Crippen molar-refractivity contribution in [3.8, 4) is 0 Å². The lowest BCUT2D eigenvalue weighted by atomic mass is 10.1. The van der Waals surface area contributed by atoms with Gasteiger partial charge in [-0.25, -0.2) is 4.79 Å². The van der Waals surface area contributed by atoms with Gasteiger partial charge in [0.1, 0.15) is 0 Å². The highest BCUT2D eigenvalue weighted by Crippen LogP contribution is 2.22. The number of aryl methyl sites for hydroxylation is 2. The zero-order valence-corrected chi connectivity index (χ0v) is 9.76. The first-order valence-electron chi connectivity index (χ1n) is 4.57. The van der Waals surface area contributed by atoms with Crippen molar-refractivity contribution >= 4 is 23.6 Å². The summed E-state index contributed by atoms with van der Waals surface area (Å²) < 4.78 is 4.50. The quantitative estimate of drug-likeness (QED) is 0.570. The Labute approximate surface area is 94.5 Å². The molecule has 0 fully saturated rings. The molecular formula is C12H13ClO2. The number of hydrogen-bond acceptors (Lipinski definition) is 2. The Morgan fingerprint density at radius 2 is 1.87 bits per heavy atom. The smallest absolute Gasteiger partial charge is 0.330 e. The molecule has 0 unspecified atom stereocenters. The molecule has 0 saturated heterocycles. The van der Waals surface area contributed by atoms with Gasteiger partial charge in [0, 0.05) is 11.1 Å². The monoisotopic (exact) mass is 224 g/mol. The van der Waals surface area contributed by atoms with Gasteiger partial charge in [-0.1, -0.05) is 23.7 Å². The van der Waals surface area contributed by atoms with Gasteiger partial charge in [0.15, 0.2) is 0 Å². The number of benzene rings is 1. The summed E-state index contributed by atoms with van der Waals surface area (Å²) in [5, 5.41) is 0.769. The van der Waals surface area contributed by atoms with Crippen LogP contribution in [0.25, 0.3) is 6.08 Å². The van der Waals surface area contributed by atoms with Crippen LogP contribution in [0.1, 0.15) is 16.7 Å². The zero-order valence-electron chi connectivity index (χ0n) is 9.00. The Balaban J connectivity index is 2.97. The molecule has 0 aliphatic rings. The van der Waals surface area contributed by atoms with E-state index in [1.54, 1.807) is 6.08 Å². The van der Waals surface area contributed by atoms with Crippen LogP contribution in [-0.4, -0.2) is 13.1 Å². The SMILES string of the molecule is COC(=O)C=Cc1cc(C)c(Cl)c(C)c1. The number of esters is 1. The fraction of sp³-hybridized carbons (Fsp3) is 0.250. The normalized spacial score (nSPS) is 10.7. The number of hydrogen-bond donors (Lipinski definition) is 0. The standard InChI is InChI=1S/C12H13ClO2/c1-8-6-10(4-5-11(14)15-3)7-9(2)12(8)13/h4-7H,1-3H3. The predicted molar refractivity (Wildman–Crippen MR) is 62.0 cm³/mol. The molecular weight excluding hydrogens is 212 g/mol. The van der Waals surface area contributed by atoms with E-state index in [1.165, 1.54) is 13.2 Å². The predicted octanol–water partition coefficient (Wildman–Crippen LogP) is 3.14. The van der Waals surface area contributed by atoms with Gasteiger partial charge in [-0.2, -0.15) is 0 Å². The van der Waals surface area contributed by atoms with E-state index in [0.29, 0.717) is 0 Å². The highest BCUT2D eigenvalue weighted by Gasteiger charge is 2.01. The highest BCUT2D eigenvalue weighted by molar-refractivity contribution is 6.32. The maximum absolute atomic E-state index is 10.9. The molecule has 1 rings (SSSR count). The van der Waals surface area contributed by atoms with E-state index in [-0.39, 0.29) is 5.97 Å². The van der Waals surface area contributed by atoms with Gasteiger partial charge in [-0.15, -0.1) is 0 Å². The summed E-state index contributed by atoms with van der Waals surface area (Å²) in [6.45, 7) is 3.87. The molecule has 0 aliphatic carbocycles. The molecule has 0 saturated carbocycles. The molecule has 0 aromatic heterocycles. The van der Waals surface area contributed by atoms with Crippen molar-refractivity contribution in [3.63, 3.8) is 0 Å². The van der Waals surface area contributed by atoms with Crippen LogP contribution in [0.4, 0.5) is 0 Å².